The lowest BCUT2D eigenvalue weighted by molar-refractivity contribution is 0.661. The van der Waals surface area contributed by atoms with Crippen molar-refractivity contribution >= 4 is 55.8 Å². The van der Waals surface area contributed by atoms with Crippen LogP contribution in [0.2, 0.25) is 10.0 Å². The van der Waals surface area contributed by atoms with E-state index >= 15 is 0 Å². The molecule has 6 aromatic rings. The molecule has 0 aliphatic heterocycles. The number of aromatic nitrogens is 8. The molecule has 12 heteroatoms. The van der Waals surface area contributed by atoms with Crippen LogP contribution in [0.5, 0.6) is 0 Å². The van der Waals surface area contributed by atoms with E-state index in [0.29, 0.717) is 10.0 Å². The standard InChI is InChI=1S/C22H16Cl2N8S2/c23-15-9-5-13(6-10-15)19-29-31-17(25-27-21(31)33-19)3-1-2-4-18-26-28-22-32(18)30-20(34-22)14-7-11-16(24)12-8-14/h5-12H,1-4H2. The molecule has 4 heterocycles. The molecule has 4 aromatic heterocycles. The van der Waals surface area contributed by atoms with Crippen LogP contribution in [0.4, 0.5) is 0 Å². The molecule has 0 aliphatic rings. The van der Waals surface area contributed by atoms with Crippen molar-refractivity contribution in [2.45, 2.75) is 25.7 Å². The molecule has 0 radical (unpaired) electrons. The number of halogens is 2. The Labute approximate surface area is 211 Å². The molecule has 6 rings (SSSR count). The number of rotatable bonds is 7. The largest absolute Gasteiger partial charge is 0.234 e. The lowest BCUT2D eigenvalue weighted by Crippen LogP contribution is -2.00. The minimum atomic E-state index is 0.705. The predicted octanol–water partition coefficient (Wildman–Crippen LogP) is 5.89. The van der Waals surface area contributed by atoms with Crippen LogP contribution in [0.3, 0.4) is 0 Å². The van der Waals surface area contributed by atoms with E-state index in [4.69, 9.17) is 33.4 Å². The lowest BCUT2D eigenvalue weighted by atomic mass is 10.2. The van der Waals surface area contributed by atoms with Gasteiger partial charge in [0.05, 0.1) is 0 Å². The topological polar surface area (TPSA) is 86.2 Å². The summed E-state index contributed by atoms with van der Waals surface area (Å²) in [6.07, 6.45) is 3.41. The Morgan fingerprint density at radius 3 is 1.41 bits per heavy atom. The van der Waals surface area contributed by atoms with E-state index in [2.05, 4.69) is 20.4 Å². The molecular formula is C22H16Cl2N8S2. The second-order valence-corrected chi connectivity index (χ2v) is 10.4. The van der Waals surface area contributed by atoms with Gasteiger partial charge < -0.3 is 0 Å². The van der Waals surface area contributed by atoms with Gasteiger partial charge >= 0.3 is 0 Å². The molecule has 0 spiro atoms. The number of aryl methyl sites for hydroxylation is 2. The van der Waals surface area contributed by atoms with Gasteiger partial charge in [-0.25, -0.2) is 0 Å². The van der Waals surface area contributed by atoms with Crippen LogP contribution in [0, 0.1) is 0 Å². The van der Waals surface area contributed by atoms with Crippen molar-refractivity contribution in [2.75, 3.05) is 0 Å². The van der Waals surface area contributed by atoms with Gasteiger partial charge in [-0.3, -0.25) is 0 Å². The third kappa shape index (κ3) is 4.18. The van der Waals surface area contributed by atoms with Crippen molar-refractivity contribution in [1.29, 1.82) is 0 Å². The summed E-state index contributed by atoms with van der Waals surface area (Å²) in [5.74, 6) is 1.72. The Bertz CT molecular complexity index is 1460. The first-order valence-corrected chi connectivity index (χ1v) is 13.0. The number of hydrogen-bond donors (Lipinski definition) is 0. The molecule has 0 amide bonds. The molecule has 0 saturated heterocycles. The van der Waals surface area contributed by atoms with Crippen molar-refractivity contribution in [3.63, 3.8) is 0 Å². The van der Waals surface area contributed by atoms with Gasteiger partial charge in [0.2, 0.25) is 9.92 Å². The molecule has 0 atom stereocenters. The molecule has 170 valence electrons. The zero-order valence-corrected chi connectivity index (χ0v) is 20.7. The highest BCUT2D eigenvalue weighted by atomic mass is 35.5. The number of benzene rings is 2. The van der Waals surface area contributed by atoms with Crippen molar-refractivity contribution in [2.24, 2.45) is 0 Å². The highest BCUT2D eigenvalue weighted by Crippen LogP contribution is 2.28. The van der Waals surface area contributed by atoms with Crippen LogP contribution in [0.25, 0.3) is 31.1 Å². The lowest BCUT2D eigenvalue weighted by Gasteiger charge is -1.99. The van der Waals surface area contributed by atoms with Crippen LogP contribution < -0.4 is 0 Å². The van der Waals surface area contributed by atoms with Gasteiger partial charge in [-0.1, -0.05) is 70.1 Å². The molecular weight excluding hydrogens is 511 g/mol. The van der Waals surface area contributed by atoms with Gasteiger partial charge in [0.1, 0.15) is 10.0 Å². The average Bonchev–Trinajstić information content (AvgIpc) is 3.60. The smallest absolute Gasteiger partial charge is 0.187 e. The Hall–Kier alpha value is -2.92. The molecule has 0 unspecified atom stereocenters. The second-order valence-electron chi connectivity index (χ2n) is 7.66. The monoisotopic (exact) mass is 526 g/mol. The van der Waals surface area contributed by atoms with E-state index in [1.807, 2.05) is 57.6 Å². The van der Waals surface area contributed by atoms with E-state index in [0.717, 1.165) is 68.4 Å². The van der Waals surface area contributed by atoms with E-state index in [1.54, 1.807) is 0 Å². The maximum absolute atomic E-state index is 5.99. The summed E-state index contributed by atoms with van der Waals surface area (Å²) in [4.78, 5) is 1.58. The summed E-state index contributed by atoms with van der Waals surface area (Å²) in [5.41, 5.74) is 2.03. The van der Waals surface area contributed by atoms with Gasteiger partial charge in [-0.2, -0.15) is 19.2 Å². The minimum Gasteiger partial charge on any atom is -0.187 e. The number of hydrogen-bond acceptors (Lipinski definition) is 8. The summed E-state index contributed by atoms with van der Waals surface area (Å²) < 4.78 is 3.67. The fraction of sp³-hybridized carbons (Fsp3) is 0.182. The van der Waals surface area contributed by atoms with Crippen molar-refractivity contribution in [3.05, 3.63) is 70.2 Å². The van der Waals surface area contributed by atoms with Crippen LogP contribution in [0.1, 0.15) is 24.5 Å². The molecule has 2 aromatic carbocycles. The first kappa shape index (κ1) is 21.6. The first-order valence-electron chi connectivity index (χ1n) is 10.6. The van der Waals surface area contributed by atoms with E-state index < -0.39 is 0 Å². The number of unbranched alkanes of at least 4 members (excludes halogenated alkanes) is 1. The predicted molar refractivity (Wildman–Crippen MR) is 135 cm³/mol. The molecule has 0 bridgehead atoms. The fourth-order valence-electron chi connectivity index (χ4n) is 3.61. The van der Waals surface area contributed by atoms with Crippen LogP contribution >= 0.6 is 45.9 Å². The van der Waals surface area contributed by atoms with Crippen LogP contribution in [0.15, 0.2) is 48.5 Å². The van der Waals surface area contributed by atoms with Crippen molar-refractivity contribution in [3.8, 4) is 21.1 Å². The number of fused-ring (bicyclic) bond motifs is 2. The van der Waals surface area contributed by atoms with Gasteiger partial charge in [-0.15, -0.1) is 20.4 Å². The Kier molecular flexibility index (Phi) is 5.74. The minimum absolute atomic E-state index is 0.705. The zero-order chi connectivity index (χ0) is 23.1. The normalized spacial score (nSPS) is 11.7. The third-order valence-corrected chi connectivity index (χ3v) is 7.74. The van der Waals surface area contributed by atoms with E-state index in [1.165, 1.54) is 22.7 Å². The molecule has 0 fully saturated rings. The maximum atomic E-state index is 5.99. The van der Waals surface area contributed by atoms with Crippen molar-refractivity contribution in [1.82, 2.24) is 39.6 Å². The van der Waals surface area contributed by atoms with Gasteiger partial charge in [0.15, 0.2) is 11.6 Å². The van der Waals surface area contributed by atoms with Crippen molar-refractivity contribution < 1.29 is 0 Å². The molecule has 34 heavy (non-hydrogen) atoms. The Balaban J connectivity index is 1.11. The number of nitrogens with zero attached hydrogens (tertiary/aromatic N) is 8. The van der Waals surface area contributed by atoms with Gasteiger partial charge in [0.25, 0.3) is 0 Å². The van der Waals surface area contributed by atoms with E-state index in [-0.39, 0.29) is 0 Å². The summed E-state index contributed by atoms with van der Waals surface area (Å²) in [6, 6.07) is 15.3. The van der Waals surface area contributed by atoms with E-state index in [9.17, 15) is 0 Å². The Morgan fingerprint density at radius 2 is 1.00 bits per heavy atom. The Morgan fingerprint density at radius 1 is 0.588 bits per heavy atom. The highest BCUT2D eigenvalue weighted by molar-refractivity contribution is 7.20. The molecule has 8 nitrogen and oxygen atoms in total. The SMILES string of the molecule is Clc1ccc(-c2nn3c(CCCCc4nnc5sc(-c6ccc(Cl)cc6)nn45)nnc3s2)cc1. The third-order valence-electron chi connectivity index (χ3n) is 5.34. The maximum Gasteiger partial charge on any atom is 0.234 e. The zero-order valence-electron chi connectivity index (χ0n) is 17.6. The van der Waals surface area contributed by atoms with Gasteiger partial charge in [-0.05, 0) is 37.1 Å². The average molecular weight is 527 g/mol. The fourth-order valence-corrected chi connectivity index (χ4v) is 5.59. The van der Waals surface area contributed by atoms with Crippen LogP contribution in [-0.2, 0) is 12.8 Å². The highest BCUT2D eigenvalue weighted by Gasteiger charge is 2.15. The van der Waals surface area contributed by atoms with Crippen LogP contribution in [-0.4, -0.2) is 39.6 Å². The first-order chi connectivity index (χ1) is 16.6. The summed E-state index contributed by atoms with van der Waals surface area (Å²) >= 11 is 15.0. The molecule has 0 saturated carbocycles. The molecule has 0 aliphatic carbocycles. The summed E-state index contributed by atoms with van der Waals surface area (Å²) in [7, 11) is 0. The summed E-state index contributed by atoms with van der Waals surface area (Å²) in [6.45, 7) is 0. The molecule has 0 N–H and O–H groups in total. The second kappa shape index (κ2) is 9.03. The summed E-state index contributed by atoms with van der Waals surface area (Å²) in [5, 5.41) is 29.8. The van der Waals surface area contributed by atoms with Gasteiger partial charge in [0, 0.05) is 34.0 Å². The quantitative estimate of drug-likeness (QED) is 0.241.